The fraction of sp³-hybridized carbons (Fsp3) is 0.882. The van der Waals surface area contributed by atoms with E-state index in [-0.39, 0.29) is 19.2 Å². The minimum atomic E-state index is -0.610. The standard InChI is InChI=1S/C17H32N2O5/c1-8-12-9-19(15(22)24-17(5,6)7)13(11-20)10-18(12)14(21)23-16(2,3)4/h12-13,20H,8-11H2,1-7H3/t12-,13-/m1/s1. The van der Waals surface area contributed by atoms with Gasteiger partial charge in [0.05, 0.1) is 18.7 Å². The maximum atomic E-state index is 12.4. The predicted octanol–water partition coefficient (Wildman–Crippen LogP) is 2.61. The molecular weight excluding hydrogens is 312 g/mol. The van der Waals surface area contributed by atoms with Gasteiger partial charge in [-0.3, -0.25) is 4.90 Å². The molecule has 7 heteroatoms. The Morgan fingerprint density at radius 3 is 1.62 bits per heavy atom. The van der Waals surface area contributed by atoms with Gasteiger partial charge in [0.2, 0.25) is 0 Å². The first-order valence-corrected chi connectivity index (χ1v) is 8.48. The molecular formula is C17H32N2O5. The van der Waals surface area contributed by atoms with E-state index < -0.39 is 29.4 Å². The second kappa shape index (κ2) is 7.59. The lowest BCUT2D eigenvalue weighted by Crippen LogP contribution is -2.63. The van der Waals surface area contributed by atoms with Crippen molar-refractivity contribution in [2.24, 2.45) is 0 Å². The van der Waals surface area contributed by atoms with E-state index in [1.165, 1.54) is 4.90 Å². The number of piperazine rings is 1. The van der Waals surface area contributed by atoms with E-state index in [4.69, 9.17) is 9.47 Å². The Labute approximate surface area is 144 Å². The van der Waals surface area contributed by atoms with Gasteiger partial charge in [0, 0.05) is 13.1 Å². The monoisotopic (exact) mass is 344 g/mol. The molecule has 24 heavy (non-hydrogen) atoms. The van der Waals surface area contributed by atoms with E-state index in [0.717, 1.165) is 0 Å². The molecule has 1 heterocycles. The van der Waals surface area contributed by atoms with Crippen LogP contribution in [-0.4, -0.2) is 70.1 Å². The molecule has 0 bridgehead atoms. The Morgan fingerprint density at radius 2 is 1.29 bits per heavy atom. The fourth-order valence-electron chi connectivity index (χ4n) is 2.54. The second-order valence-electron chi connectivity index (χ2n) is 8.16. The molecule has 1 aliphatic heterocycles. The van der Waals surface area contributed by atoms with Gasteiger partial charge in [0.15, 0.2) is 0 Å². The number of carbonyl (C=O) groups is 2. The smallest absolute Gasteiger partial charge is 0.410 e. The number of nitrogens with zero attached hydrogens (tertiary/aromatic N) is 2. The first-order chi connectivity index (χ1) is 10.9. The minimum absolute atomic E-state index is 0.171. The summed E-state index contributed by atoms with van der Waals surface area (Å²) in [7, 11) is 0. The molecule has 1 rings (SSSR count). The zero-order chi connectivity index (χ0) is 18.7. The lowest BCUT2D eigenvalue weighted by atomic mass is 10.1. The largest absolute Gasteiger partial charge is 0.444 e. The van der Waals surface area contributed by atoms with Gasteiger partial charge >= 0.3 is 12.2 Å². The third kappa shape index (κ3) is 5.85. The molecule has 0 aromatic rings. The van der Waals surface area contributed by atoms with E-state index in [0.29, 0.717) is 13.0 Å². The Hall–Kier alpha value is -1.50. The SMILES string of the molecule is CC[C@@H]1CN(C(=O)OC(C)(C)C)[C@@H](CO)CN1C(=O)OC(C)(C)C. The molecule has 0 spiro atoms. The van der Waals surface area contributed by atoms with Gasteiger partial charge in [0.1, 0.15) is 11.2 Å². The third-order valence-corrected chi connectivity index (χ3v) is 3.63. The van der Waals surface area contributed by atoms with Crippen molar-refractivity contribution in [2.45, 2.75) is 78.2 Å². The van der Waals surface area contributed by atoms with Crippen molar-refractivity contribution in [3.63, 3.8) is 0 Å². The number of hydrogen-bond donors (Lipinski definition) is 1. The predicted molar refractivity (Wildman–Crippen MR) is 90.8 cm³/mol. The quantitative estimate of drug-likeness (QED) is 0.833. The number of aliphatic hydroxyl groups excluding tert-OH is 1. The molecule has 0 radical (unpaired) electrons. The van der Waals surface area contributed by atoms with Gasteiger partial charge in [-0.2, -0.15) is 0 Å². The Bertz CT molecular complexity index is 411. The first kappa shape index (κ1) is 20.5. The summed E-state index contributed by atoms with van der Waals surface area (Å²) in [5, 5.41) is 9.67. The molecule has 0 aromatic carbocycles. The summed E-state index contributed by atoms with van der Waals surface area (Å²) in [6, 6.07) is -0.676. The highest BCUT2D eigenvalue weighted by Crippen LogP contribution is 2.23. The van der Waals surface area contributed by atoms with Gasteiger partial charge in [-0.05, 0) is 48.0 Å². The zero-order valence-corrected chi connectivity index (χ0v) is 16.0. The summed E-state index contributed by atoms with van der Waals surface area (Å²) in [6.45, 7) is 13.1. The minimum Gasteiger partial charge on any atom is -0.444 e. The molecule has 0 saturated carbocycles. The average molecular weight is 344 g/mol. The van der Waals surface area contributed by atoms with Gasteiger partial charge in [-0.1, -0.05) is 6.92 Å². The molecule has 0 aliphatic carbocycles. The summed E-state index contributed by atoms with van der Waals surface area (Å²) < 4.78 is 10.9. The fourth-order valence-corrected chi connectivity index (χ4v) is 2.54. The summed E-state index contributed by atoms with van der Waals surface area (Å²) in [4.78, 5) is 28.0. The van der Waals surface area contributed by atoms with Crippen LogP contribution in [0.15, 0.2) is 0 Å². The van der Waals surface area contributed by atoms with Crippen LogP contribution in [0.1, 0.15) is 54.9 Å². The van der Waals surface area contributed by atoms with Crippen molar-refractivity contribution in [2.75, 3.05) is 19.7 Å². The van der Waals surface area contributed by atoms with Gasteiger partial charge in [-0.25, -0.2) is 9.59 Å². The van der Waals surface area contributed by atoms with Crippen LogP contribution in [-0.2, 0) is 9.47 Å². The number of amides is 2. The summed E-state index contributed by atoms with van der Waals surface area (Å²) in [5.41, 5.74) is -1.20. The third-order valence-electron chi connectivity index (χ3n) is 3.63. The van der Waals surface area contributed by atoms with E-state index in [1.807, 2.05) is 27.7 Å². The highest BCUT2D eigenvalue weighted by molar-refractivity contribution is 5.71. The molecule has 0 unspecified atom stereocenters. The van der Waals surface area contributed by atoms with Crippen LogP contribution < -0.4 is 0 Å². The highest BCUT2D eigenvalue weighted by Gasteiger charge is 2.40. The molecule has 1 aliphatic rings. The van der Waals surface area contributed by atoms with Gasteiger partial charge in [-0.15, -0.1) is 0 Å². The Balaban J connectivity index is 2.90. The van der Waals surface area contributed by atoms with E-state index >= 15 is 0 Å². The van der Waals surface area contributed by atoms with Crippen molar-refractivity contribution in [3.8, 4) is 0 Å². The number of aliphatic hydroxyl groups is 1. The van der Waals surface area contributed by atoms with Gasteiger partial charge < -0.3 is 19.5 Å². The van der Waals surface area contributed by atoms with Gasteiger partial charge in [0.25, 0.3) is 0 Å². The topological polar surface area (TPSA) is 79.3 Å². The normalized spacial score (nSPS) is 22.3. The molecule has 140 valence electrons. The molecule has 2 atom stereocenters. The molecule has 1 saturated heterocycles. The van der Waals surface area contributed by atoms with Crippen LogP contribution in [0.3, 0.4) is 0 Å². The van der Waals surface area contributed by atoms with Crippen molar-refractivity contribution >= 4 is 12.2 Å². The number of rotatable bonds is 2. The maximum absolute atomic E-state index is 12.4. The van der Waals surface area contributed by atoms with Crippen molar-refractivity contribution in [1.82, 2.24) is 9.80 Å². The van der Waals surface area contributed by atoms with Crippen LogP contribution in [0.25, 0.3) is 0 Å². The van der Waals surface area contributed by atoms with E-state index in [2.05, 4.69) is 0 Å². The Kier molecular flexibility index (Phi) is 6.50. The average Bonchev–Trinajstić information content (AvgIpc) is 2.41. The zero-order valence-electron chi connectivity index (χ0n) is 16.0. The number of hydrogen-bond acceptors (Lipinski definition) is 5. The summed E-state index contributed by atoms with van der Waals surface area (Å²) in [5.74, 6) is 0. The van der Waals surface area contributed by atoms with E-state index in [9.17, 15) is 14.7 Å². The highest BCUT2D eigenvalue weighted by atomic mass is 16.6. The van der Waals surface area contributed by atoms with E-state index in [1.54, 1.807) is 25.7 Å². The van der Waals surface area contributed by atoms with Crippen LogP contribution >= 0.6 is 0 Å². The first-order valence-electron chi connectivity index (χ1n) is 8.48. The summed E-state index contributed by atoms with van der Waals surface area (Å²) in [6.07, 6.45) is -0.211. The lowest BCUT2D eigenvalue weighted by molar-refractivity contribution is -0.0390. The number of carbonyl (C=O) groups excluding carboxylic acids is 2. The van der Waals surface area contributed by atoms with Crippen molar-refractivity contribution in [1.29, 1.82) is 0 Å². The molecule has 7 nitrogen and oxygen atoms in total. The summed E-state index contributed by atoms with van der Waals surface area (Å²) >= 11 is 0. The Morgan fingerprint density at radius 1 is 0.917 bits per heavy atom. The molecule has 2 amide bonds. The van der Waals surface area contributed by atoms with Crippen LogP contribution in [0.2, 0.25) is 0 Å². The van der Waals surface area contributed by atoms with Crippen LogP contribution in [0.4, 0.5) is 9.59 Å². The van der Waals surface area contributed by atoms with Crippen molar-refractivity contribution < 1.29 is 24.2 Å². The number of ether oxygens (including phenoxy) is 2. The second-order valence-corrected chi connectivity index (χ2v) is 8.16. The maximum Gasteiger partial charge on any atom is 0.410 e. The lowest BCUT2D eigenvalue weighted by Gasteiger charge is -2.45. The molecule has 1 N–H and O–H groups in total. The van der Waals surface area contributed by atoms with Crippen LogP contribution in [0, 0.1) is 0 Å². The molecule has 1 fully saturated rings. The van der Waals surface area contributed by atoms with Crippen molar-refractivity contribution in [3.05, 3.63) is 0 Å². The van der Waals surface area contributed by atoms with Crippen LogP contribution in [0.5, 0.6) is 0 Å². The molecule has 0 aromatic heterocycles.